The van der Waals surface area contributed by atoms with E-state index in [4.69, 9.17) is 4.74 Å². The van der Waals surface area contributed by atoms with Gasteiger partial charge in [-0.05, 0) is 44.0 Å². The Hall–Kier alpha value is -3.15. The molecule has 1 saturated carbocycles. The number of ether oxygens (including phenoxy) is 1. The Bertz CT molecular complexity index is 932. The average molecular weight is 349 g/mol. The van der Waals surface area contributed by atoms with E-state index >= 15 is 0 Å². The van der Waals surface area contributed by atoms with Gasteiger partial charge in [0, 0.05) is 5.92 Å². The van der Waals surface area contributed by atoms with Crippen LogP contribution in [0.4, 0.5) is 0 Å². The van der Waals surface area contributed by atoms with Gasteiger partial charge in [-0.25, -0.2) is 14.5 Å². The normalized spacial score (nSPS) is 14.8. The summed E-state index contributed by atoms with van der Waals surface area (Å²) < 4.78 is 7.62. The van der Waals surface area contributed by atoms with Crippen molar-refractivity contribution >= 4 is 5.97 Å². The van der Waals surface area contributed by atoms with Crippen molar-refractivity contribution < 1.29 is 14.6 Å². The topological polar surface area (TPSA) is 77.2 Å². The van der Waals surface area contributed by atoms with Gasteiger partial charge in [0.05, 0.1) is 11.3 Å². The highest BCUT2D eigenvalue weighted by Crippen LogP contribution is 2.39. The van der Waals surface area contributed by atoms with Crippen LogP contribution in [0.2, 0.25) is 0 Å². The summed E-state index contributed by atoms with van der Waals surface area (Å²) >= 11 is 0. The lowest BCUT2D eigenvalue weighted by atomic mass is 10.2. The summed E-state index contributed by atoms with van der Waals surface area (Å²) in [6.07, 6.45) is 1.76. The van der Waals surface area contributed by atoms with Crippen molar-refractivity contribution in [1.29, 1.82) is 0 Å². The summed E-state index contributed by atoms with van der Waals surface area (Å²) in [5.41, 5.74) is 0.686. The van der Waals surface area contributed by atoms with Gasteiger partial charge in [-0.2, -0.15) is 5.10 Å². The number of nitrogens with zero attached hydrogens (tertiary/aromatic N) is 3. The van der Waals surface area contributed by atoms with E-state index in [1.807, 2.05) is 37.3 Å². The molecule has 132 valence electrons. The molecule has 1 aliphatic carbocycles. The standard InChI is InChI=1S/C20H19N3O3/c1-13(26-15-7-3-2-4-8-15)19-21-18(14-11-12-14)22-23(19)17-10-6-5-9-16(17)20(24)25/h2-10,13-14H,11-12H2,1H3,(H,24,25). The number of aromatic carboxylic acids is 1. The molecule has 0 radical (unpaired) electrons. The number of para-hydroxylation sites is 2. The number of carboxylic acid groups (broad SMARTS) is 1. The van der Waals surface area contributed by atoms with Crippen molar-refractivity contribution in [2.24, 2.45) is 0 Å². The van der Waals surface area contributed by atoms with E-state index in [-0.39, 0.29) is 11.7 Å². The Morgan fingerprint density at radius 2 is 1.85 bits per heavy atom. The molecule has 26 heavy (non-hydrogen) atoms. The maximum Gasteiger partial charge on any atom is 0.337 e. The largest absolute Gasteiger partial charge is 0.483 e. The van der Waals surface area contributed by atoms with Gasteiger partial charge in [0.1, 0.15) is 5.75 Å². The second kappa shape index (κ2) is 6.63. The molecule has 0 saturated heterocycles. The monoisotopic (exact) mass is 349 g/mol. The average Bonchev–Trinajstić information content (AvgIpc) is 3.41. The predicted octanol–water partition coefficient (Wildman–Crippen LogP) is 3.98. The summed E-state index contributed by atoms with van der Waals surface area (Å²) in [4.78, 5) is 16.3. The van der Waals surface area contributed by atoms with E-state index in [1.165, 1.54) is 0 Å². The van der Waals surface area contributed by atoms with Crippen molar-refractivity contribution in [2.45, 2.75) is 31.8 Å². The fourth-order valence-corrected chi connectivity index (χ4v) is 2.89. The molecule has 1 aliphatic rings. The molecule has 6 heteroatoms. The highest BCUT2D eigenvalue weighted by atomic mass is 16.5. The first-order valence-electron chi connectivity index (χ1n) is 8.64. The minimum absolute atomic E-state index is 0.188. The molecule has 6 nitrogen and oxygen atoms in total. The van der Waals surface area contributed by atoms with Gasteiger partial charge in [-0.1, -0.05) is 30.3 Å². The first-order valence-corrected chi connectivity index (χ1v) is 8.64. The fourth-order valence-electron chi connectivity index (χ4n) is 2.89. The van der Waals surface area contributed by atoms with E-state index in [0.29, 0.717) is 17.4 Å². The molecule has 2 aromatic carbocycles. The number of carbonyl (C=O) groups is 1. The minimum atomic E-state index is -0.994. The van der Waals surface area contributed by atoms with Gasteiger partial charge >= 0.3 is 5.97 Å². The van der Waals surface area contributed by atoms with Crippen LogP contribution in [0, 0.1) is 0 Å². The van der Waals surface area contributed by atoms with Gasteiger partial charge < -0.3 is 9.84 Å². The molecule has 1 atom stereocenters. The number of hydrogen-bond acceptors (Lipinski definition) is 4. The molecule has 1 heterocycles. The summed E-state index contributed by atoms with van der Waals surface area (Å²) in [5.74, 6) is 1.45. The Balaban J connectivity index is 1.76. The third-order valence-electron chi connectivity index (χ3n) is 4.37. The van der Waals surface area contributed by atoms with Crippen molar-refractivity contribution in [3.8, 4) is 11.4 Å². The van der Waals surface area contributed by atoms with Crippen molar-refractivity contribution in [2.75, 3.05) is 0 Å². The molecule has 0 bridgehead atoms. The summed E-state index contributed by atoms with van der Waals surface area (Å²) in [6.45, 7) is 1.90. The first kappa shape index (κ1) is 16.3. The lowest BCUT2D eigenvalue weighted by Crippen LogP contribution is -2.14. The molecule has 0 amide bonds. The molecule has 1 fully saturated rings. The van der Waals surface area contributed by atoms with E-state index in [2.05, 4.69) is 10.1 Å². The number of benzene rings is 2. The fraction of sp³-hybridized carbons (Fsp3) is 0.250. The van der Waals surface area contributed by atoms with E-state index in [1.54, 1.807) is 28.9 Å². The molecule has 4 rings (SSSR count). The summed E-state index contributed by atoms with van der Waals surface area (Å²) in [6, 6.07) is 16.3. The zero-order valence-electron chi connectivity index (χ0n) is 14.4. The molecule has 3 aromatic rings. The smallest absolute Gasteiger partial charge is 0.337 e. The zero-order valence-corrected chi connectivity index (χ0v) is 14.4. The quantitative estimate of drug-likeness (QED) is 0.728. The number of aromatic nitrogens is 3. The Morgan fingerprint density at radius 1 is 1.15 bits per heavy atom. The van der Waals surface area contributed by atoms with Gasteiger partial charge in [0.15, 0.2) is 17.8 Å². The highest BCUT2D eigenvalue weighted by Gasteiger charge is 2.31. The second-order valence-corrected chi connectivity index (χ2v) is 6.41. The molecular formula is C20H19N3O3. The summed E-state index contributed by atoms with van der Waals surface area (Å²) in [7, 11) is 0. The molecule has 0 spiro atoms. The second-order valence-electron chi connectivity index (χ2n) is 6.41. The van der Waals surface area contributed by atoms with Crippen LogP contribution in [0.25, 0.3) is 5.69 Å². The van der Waals surface area contributed by atoms with Crippen LogP contribution in [0.5, 0.6) is 5.75 Å². The van der Waals surface area contributed by atoms with E-state index in [9.17, 15) is 9.90 Å². The van der Waals surface area contributed by atoms with Crippen molar-refractivity contribution in [3.63, 3.8) is 0 Å². The van der Waals surface area contributed by atoms with E-state index < -0.39 is 5.97 Å². The summed E-state index contributed by atoms with van der Waals surface area (Å²) in [5, 5.41) is 14.1. The SMILES string of the molecule is CC(Oc1ccccc1)c1nc(C2CC2)nn1-c1ccccc1C(=O)O. The van der Waals surface area contributed by atoms with Gasteiger partial charge in [0.25, 0.3) is 0 Å². The Morgan fingerprint density at radius 3 is 2.54 bits per heavy atom. The van der Waals surface area contributed by atoms with Crippen LogP contribution < -0.4 is 4.74 Å². The van der Waals surface area contributed by atoms with Crippen LogP contribution in [0.3, 0.4) is 0 Å². The molecule has 1 aromatic heterocycles. The van der Waals surface area contributed by atoms with Crippen LogP contribution in [0.1, 0.15) is 53.8 Å². The molecular weight excluding hydrogens is 330 g/mol. The predicted molar refractivity (Wildman–Crippen MR) is 95.8 cm³/mol. The molecule has 0 aliphatic heterocycles. The van der Waals surface area contributed by atoms with Gasteiger partial charge in [-0.3, -0.25) is 0 Å². The Labute approximate surface area is 151 Å². The van der Waals surface area contributed by atoms with Gasteiger partial charge in [-0.15, -0.1) is 0 Å². The maximum atomic E-state index is 11.6. The van der Waals surface area contributed by atoms with Crippen LogP contribution >= 0.6 is 0 Å². The zero-order chi connectivity index (χ0) is 18.1. The first-order chi connectivity index (χ1) is 12.6. The third-order valence-corrected chi connectivity index (χ3v) is 4.37. The van der Waals surface area contributed by atoms with Gasteiger partial charge in [0.2, 0.25) is 0 Å². The minimum Gasteiger partial charge on any atom is -0.483 e. The van der Waals surface area contributed by atoms with Crippen LogP contribution in [-0.4, -0.2) is 25.8 Å². The highest BCUT2D eigenvalue weighted by molar-refractivity contribution is 5.91. The van der Waals surface area contributed by atoms with Crippen LogP contribution in [0.15, 0.2) is 54.6 Å². The molecule has 1 N–H and O–H groups in total. The van der Waals surface area contributed by atoms with Crippen molar-refractivity contribution in [1.82, 2.24) is 14.8 Å². The Kier molecular flexibility index (Phi) is 4.16. The van der Waals surface area contributed by atoms with E-state index in [0.717, 1.165) is 24.4 Å². The lowest BCUT2D eigenvalue weighted by molar-refractivity contribution is 0.0696. The number of carboxylic acids is 1. The maximum absolute atomic E-state index is 11.6. The van der Waals surface area contributed by atoms with Crippen LogP contribution in [-0.2, 0) is 0 Å². The number of rotatable bonds is 6. The third kappa shape index (κ3) is 3.18. The van der Waals surface area contributed by atoms with Crippen molar-refractivity contribution in [3.05, 3.63) is 71.8 Å². The number of hydrogen-bond donors (Lipinski definition) is 1. The lowest BCUT2D eigenvalue weighted by Gasteiger charge is -2.16. The molecule has 1 unspecified atom stereocenters.